The van der Waals surface area contributed by atoms with Crippen molar-refractivity contribution in [1.82, 2.24) is 5.32 Å². The smallest absolute Gasteiger partial charge is 0.0802 e. The minimum Gasteiger partial charge on any atom is -0.388 e. The summed E-state index contributed by atoms with van der Waals surface area (Å²) in [5.41, 5.74) is 2.52. The Morgan fingerprint density at radius 2 is 1.83 bits per heavy atom. The van der Waals surface area contributed by atoms with Crippen molar-refractivity contribution in [3.8, 4) is 0 Å². The zero-order valence-corrected chi connectivity index (χ0v) is 11.7. The van der Waals surface area contributed by atoms with Crippen molar-refractivity contribution in [3.05, 3.63) is 35.4 Å². The highest BCUT2D eigenvalue weighted by Crippen LogP contribution is 2.25. The summed E-state index contributed by atoms with van der Waals surface area (Å²) in [4.78, 5) is 0. The molecule has 1 aromatic carbocycles. The molecule has 1 aromatic rings. The van der Waals surface area contributed by atoms with Crippen LogP contribution >= 0.6 is 0 Å². The molecule has 2 heteroatoms. The van der Waals surface area contributed by atoms with Crippen molar-refractivity contribution in [3.63, 3.8) is 0 Å². The van der Waals surface area contributed by atoms with Crippen LogP contribution in [0.25, 0.3) is 0 Å². The van der Waals surface area contributed by atoms with E-state index in [1.165, 1.54) is 18.4 Å². The van der Waals surface area contributed by atoms with Crippen molar-refractivity contribution in [1.29, 1.82) is 0 Å². The maximum absolute atomic E-state index is 10.1. The molecule has 0 aliphatic heterocycles. The molecule has 2 N–H and O–H groups in total. The standard InChI is InChI=1S/C16H25NO/c1-16(2,3)13-6-4-12(5-7-13)15(18)10-11-17-14-8-9-14/h4-7,14-15,17-18H,8-11H2,1-3H3. The van der Waals surface area contributed by atoms with E-state index in [0.29, 0.717) is 0 Å². The topological polar surface area (TPSA) is 32.3 Å². The molecule has 1 atom stereocenters. The molecule has 1 aliphatic carbocycles. The SMILES string of the molecule is CC(C)(C)c1ccc(C(O)CCNC2CC2)cc1. The molecule has 0 amide bonds. The molecule has 0 aromatic heterocycles. The number of benzene rings is 1. The van der Waals surface area contributed by atoms with Crippen LogP contribution in [0.4, 0.5) is 0 Å². The lowest BCUT2D eigenvalue weighted by molar-refractivity contribution is 0.166. The Bertz CT molecular complexity index is 373. The summed E-state index contributed by atoms with van der Waals surface area (Å²) < 4.78 is 0. The van der Waals surface area contributed by atoms with Crippen LogP contribution in [0.15, 0.2) is 24.3 Å². The monoisotopic (exact) mass is 247 g/mol. The van der Waals surface area contributed by atoms with E-state index >= 15 is 0 Å². The number of nitrogens with one attached hydrogen (secondary N) is 1. The Labute approximate surface area is 110 Å². The van der Waals surface area contributed by atoms with E-state index in [1.54, 1.807) is 0 Å². The second-order valence-electron chi connectivity index (χ2n) is 6.40. The third-order valence-electron chi connectivity index (χ3n) is 3.59. The highest BCUT2D eigenvalue weighted by Gasteiger charge is 2.20. The van der Waals surface area contributed by atoms with Crippen LogP contribution in [0.5, 0.6) is 0 Å². The van der Waals surface area contributed by atoms with Gasteiger partial charge in [0.1, 0.15) is 0 Å². The van der Waals surface area contributed by atoms with Gasteiger partial charge in [-0.05, 0) is 42.3 Å². The van der Waals surface area contributed by atoms with E-state index in [2.05, 4.69) is 50.4 Å². The lowest BCUT2D eigenvalue weighted by Gasteiger charge is -2.20. The third-order valence-corrected chi connectivity index (χ3v) is 3.59. The molecule has 1 aliphatic rings. The normalized spacial score (nSPS) is 17.8. The van der Waals surface area contributed by atoms with Crippen LogP contribution in [0.2, 0.25) is 0 Å². The first-order chi connectivity index (χ1) is 8.47. The van der Waals surface area contributed by atoms with Gasteiger partial charge in [-0.1, -0.05) is 45.0 Å². The summed E-state index contributed by atoms with van der Waals surface area (Å²) >= 11 is 0. The van der Waals surface area contributed by atoms with Crippen LogP contribution in [0, 0.1) is 0 Å². The lowest BCUT2D eigenvalue weighted by atomic mass is 9.86. The zero-order valence-electron chi connectivity index (χ0n) is 11.7. The van der Waals surface area contributed by atoms with E-state index < -0.39 is 0 Å². The van der Waals surface area contributed by atoms with Gasteiger partial charge in [0.25, 0.3) is 0 Å². The second kappa shape index (κ2) is 5.41. The molecule has 1 saturated carbocycles. The van der Waals surface area contributed by atoms with Gasteiger partial charge in [-0.2, -0.15) is 0 Å². The Hall–Kier alpha value is -0.860. The van der Waals surface area contributed by atoms with E-state index in [1.807, 2.05) is 0 Å². The average molecular weight is 247 g/mol. The van der Waals surface area contributed by atoms with Crippen LogP contribution in [0.3, 0.4) is 0 Å². The summed E-state index contributed by atoms with van der Waals surface area (Å²) in [6, 6.07) is 9.10. The van der Waals surface area contributed by atoms with E-state index in [4.69, 9.17) is 0 Å². The van der Waals surface area contributed by atoms with Crippen molar-refractivity contribution in [2.75, 3.05) is 6.54 Å². The van der Waals surface area contributed by atoms with Crippen LogP contribution < -0.4 is 5.32 Å². The van der Waals surface area contributed by atoms with Gasteiger partial charge in [-0.25, -0.2) is 0 Å². The van der Waals surface area contributed by atoms with Gasteiger partial charge < -0.3 is 10.4 Å². The predicted molar refractivity (Wildman–Crippen MR) is 75.7 cm³/mol. The summed E-state index contributed by atoms with van der Waals surface area (Å²) in [7, 11) is 0. The van der Waals surface area contributed by atoms with Crippen molar-refractivity contribution >= 4 is 0 Å². The molecule has 0 radical (unpaired) electrons. The van der Waals surface area contributed by atoms with Gasteiger partial charge in [0.15, 0.2) is 0 Å². The molecular weight excluding hydrogens is 222 g/mol. The van der Waals surface area contributed by atoms with Crippen LogP contribution in [-0.4, -0.2) is 17.7 Å². The third kappa shape index (κ3) is 3.82. The predicted octanol–water partition coefficient (Wildman–Crippen LogP) is 3.16. The van der Waals surface area contributed by atoms with Crippen molar-refractivity contribution in [2.24, 2.45) is 0 Å². The molecule has 0 spiro atoms. The molecule has 0 saturated heterocycles. The van der Waals surface area contributed by atoms with Crippen molar-refractivity contribution < 1.29 is 5.11 Å². The number of aliphatic hydroxyl groups excluding tert-OH is 1. The first-order valence-corrected chi connectivity index (χ1v) is 6.99. The van der Waals surface area contributed by atoms with Crippen LogP contribution in [-0.2, 0) is 5.41 Å². The van der Waals surface area contributed by atoms with Gasteiger partial charge in [-0.15, -0.1) is 0 Å². The van der Waals surface area contributed by atoms with Crippen LogP contribution in [0.1, 0.15) is 57.3 Å². The number of hydrogen-bond donors (Lipinski definition) is 2. The number of hydrogen-bond acceptors (Lipinski definition) is 2. The first kappa shape index (κ1) is 13.6. The average Bonchev–Trinajstić information content (AvgIpc) is 3.12. The molecule has 1 unspecified atom stereocenters. The fraction of sp³-hybridized carbons (Fsp3) is 0.625. The van der Waals surface area contributed by atoms with E-state index in [0.717, 1.165) is 24.6 Å². The Kier molecular flexibility index (Phi) is 4.08. The first-order valence-electron chi connectivity index (χ1n) is 6.99. The fourth-order valence-electron chi connectivity index (χ4n) is 2.08. The van der Waals surface area contributed by atoms with Gasteiger partial charge in [0.2, 0.25) is 0 Å². The summed E-state index contributed by atoms with van der Waals surface area (Å²) in [6.07, 6.45) is 3.06. The van der Waals surface area contributed by atoms with E-state index in [-0.39, 0.29) is 11.5 Å². The lowest BCUT2D eigenvalue weighted by Crippen LogP contribution is -2.19. The molecule has 100 valence electrons. The van der Waals surface area contributed by atoms with Gasteiger partial charge >= 0.3 is 0 Å². The minimum atomic E-state index is -0.342. The summed E-state index contributed by atoms with van der Waals surface area (Å²) in [5.74, 6) is 0. The van der Waals surface area contributed by atoms with E-state index in [9.17, 15) is 5.11 Å². The highest BCUT2D eigenvalue weighted by molar-refractivity contribution is 5.28. The zero-order chi connectivity index (χ0) is 13.2. The number of rotatable bonds is 5. The minimum absolute atomic E-state index is 0.178. The largest absolute Gasteiger partial charge is 0.388 e. The molecule has 18 heavy (non-hydrogen) atoms. The molecular formula is C16H25NO. The maximum Gasteiger partial charge on any atom is 0.0802 e. The van der Waals surface area contributed by atoms with Gasteiger partial charge in [-0.3, -0.25) is 0 Å². The second-order valence-corrected chi connectivity index (χ2v) is 6.40. The van der Waals surface area contributed by atoms with Gasteiger partial charge in [0.05, 0.1) is 6.10 Å². The molecule has 0 bridgehead atoms. The summed E-state index contributed by atoms with van der Waals surface area (Å²) in [6.45, 7) is 7.53. The molecule has 2 rings (SSSR count). The van der Waals surface area contributed by atoms with Gasteiger partial charge in [0, 0.05) is 6.04 Å². The number of aliphatic hydroxyl groups is 1. The maximum atomic E-state index is 10.1. The Balaban J connectivity index is 1.87. The highest BCUT2D eigenvalue weighted by atomic mass is 16.3. The molecule has 1 fully saturated rings. The Morgan fingerprint density at radius 3 is 2.33 bits per heavy atom. The fourth-order valence-corrected chi connectivity index (χ4v) is 2.08. The molecule has 0 heterocycles. The quantitative estimate of drug-likeness (QED) is 0.837. The molecule has 2 nitrogen and oxygen atoms in total. The summed E-state index contributed by atoms with van der Waals surface area (Å²) in [5, 5.41) is 13.5. The Morgan fingerprint density at radius 1 is 1.22 bits per heavy atom. The van der Waals surface area contributed by atoms with Crippen molar-refractivity contribution in [2.45, 2.75) is 57.6 Å².